The van der Waals surface area contributed by atoms with Gasteiger partial charge < -0.3 is 13.9 Å². The van der Waals surface area contributed by atoms with E-state index in [4.69, 9.17) is 20.9 Å². The maximum atomic E-state index is 13.0. The molecule has 5 aromatic rings. The first-order valence-corrected chi connectivity index (χ1v) is 12.8. The number of anilines is 2. The zero-order valence-corrected chi connectivity index (χ0v) is 21.0. The molecule has 2 N–H and O–H groups in total. The number of hydrogen-bond donors (Lipinski definition) is 2. The Morgan fingerprint density at radius 2 is 1.87 bits per heavy atom. The van der Waals surface area contributed by atoms with E-state index >= 15 is 0 Å². The number of nitrogens with one attached hydrogen (secondary N) is 2. The van der Waals surface area contributed by atoms with E-state index in [1.165, 1.54) is 0 Å². The monoisotopic (exact) mass is 525 g/mol. The summed E-state index contributed by atoms with van der Waals surface area (Å²) in [6.45, 7) is 0.449. The van der Waals surface area contributed by atoms with Gasteiger partial charge in [0, 0.05) is 29.8 Å². The summed E-state index contributed by atoms with van der Waals surface area (Å²) in [5, 5.41) is 4.88. The third kappa shape index (κ3) is 5.81. The van der Waals surface area contributed by atoms with E-state index in [-0.39, 0.29) is 19.8 Å². The van der Waals surface area contributed by atoms with Crippen molar-refractivity contribution in [1.82, 2.24) is 14.4 Å². The average Bonchev–Trinajstić information content (AvgIpc) is 3.39. The molecule has 0 radical (unpaired) electrons. The van der Waals surface area contributed by atoms with Crippen LogP contribution in [0.4, 0.5) is 16.3 Å². The van der Waals surface area contributed by atoms with E-state index in [1.54, 1.807) is 36.7 Å². The van der Waals surface area contributed by atoms with Gasteiger partial charge in [-0.05, 0) is 41.1 Å². The van der Waals surface area contributed by atoms with Crippen molar-refractivity contribution >= 4 is 45.0 Å². The van der Waals surface area contributed by atoms with E-state index in [0.29, 0.717) is 22.0 Å². The lowest BCUT2D eigenvalue weighted by Crippen LogP contribution is -2.17. The van der Waals surface area contributed by atoms with Crippen molar-refractivity contribution in [1.29, 1.82) is 0 Å². The summed E-state index contributed by atoms with van der Waals surface area (Å²) in [6.07, 6.45) is 9.78. The van der Waals surface area contributed by atoms with E-state index in [0.717, 1.165) is 22.0 Å². The molecule has 190 valence electrons. The van der Waals surface area contributed by atoms with Crippen LogP contribution in [0.5, 0.6) is 0 Å². The van der Waals surface area contributed by atoms with Gasteiger partial charge in [0.25, 0.3) is 0 Å². The molecule has 10 heteroatoms. The number of benzene rings is 3. The minimum atomic E-state index is -1.62. The molecule has 1 unspecified atom stereocenters. The average molecular weight is 526 g/mol. The summed E-state index contributed by atoms with van der Waals surface area (Å²) in [4.78, 5) is 21.5. The molecular formula is C28H23N5O4S. The maximum Gasteiger partial charge on any atom is 0.411 e. The maximum absolute atomic E-state index is 13.0. The van der Waals surface area contributed by atoms with Gasteiger partial charge in [0.2, 0.25) is 0 Å². The Bertz CT molecular complexity index is 1660. The van der Waals surface area contributed by atoms with Crippen LogP contribution in [0.3, 0.4) is 0 Å². The Balaban J connectivity index is 1.26. The smallest absolute Gasteiger partial charge is 0.411 e. The van der Waals surface area contributed by atoms with Crippen LogP contribution in [0.15, 0.2) is 90.2 Å². The van der Waals surface area contributed by atoms with Gasteiger partial charge in [0.05, 0.1) is 17.2 Å². The van der Waals surface area contributed by atoms with Crippen molar-refractivity contribution in [3.8, 4) is 23.6 Å². The molecule has 1 atom stereocenters. The van der Waals surface area contributed by atoms with Crippen molar-refractivity contribution < 1.29 is 18.5 Å². The Morgan fingerprint density at radius 3 is 2.68 bits per heavy atom. The number of carbonyl (C=O) groups excluding carboxylic acids is 1. The van der Waals surface area contributed by atoms with Crippen LogP contribution in [0, 0.1) is 12.3 Å². The zero-order chi connectivity index (χ0) is 26.3. The number of hydrogen-bond acceptors (Lipinski definition) is 6. The predicted molar refractivity (Wildman–Crippen MR) is 147 cm³/mol. The quantitative estimate of drug-likeness (QED) is 0.210. The van der Waals surface area contributed by atoms with Crippen molar-refractivity contribution in [2.45, 2.75) is 4.90 Å². The number of fused-ring (bicyclic) bond motifs is 2. The van der Waals surface area contributed by atoms with Crippen LogP contribution in [0.25, 0.3) is 27.7 Å². The highest BCUT2D eigenvalue weighted by Gasteiger charge is 2.13. The Morgan fingerprint density at radius 1 is 1.05 bits per heavy atom. The summed E-state index contributed by atoms with van der Waals surface area (Å²) in [5.41, 5.74) is 2.80. The van der Waals surface area contributed by atoms with Gasteiger partial charge in [-0.3, -0.25) is 10.0 Å². The van der Waals surface area contributed by atoms with Gasteiger partial charge in [0.15, 0.2) is 22.5 Å². The lowest BCUT2D eigenvalue weighted by atomic mass is 10.1. The summed E-state index contributed by atoms with van der Waals surface area (Å²) < 4.78 is 27.9. The van der Waals surface area contributed by atoms with Gasteiger partial charge in [-0.25, -0.2) is 19.0 Å². The molecule has 0 saturated carbocycles. The first kappa shape index (κ1) is 25.0. The summed E-state index contributed by atoms with van der Waals surface area (Å²) in [6, 6.07) is 20.9. The molecule has 0 aliphatic carbocycles. The topological polar surface area (TPSA) is 107 Å². The number of aromatic nitrogens is 3. The van der Waals surface area contributed by atoms with Gasteiger partial charge in [-0.2, -0.15) is 0 Å². The highest BCUT2D eigenvalue weighted by Crippen LogP contribution is 2.26. The van der Waals surface area contributed by atoms with Crippen molar-refractivity contribution in [2.24, 2.45) is 0 Å². The zero-order valence-electron chi connectivity index (χ0n) is 20.2. The number of nitrogens with zero attached hydrogens (tertiary/aromatic N) is 3. The number of ether oxygens (including phenoxy) is 2. The highest BCUT2D eigenvalue weighted by atomic mass is 32.2. The SMILES string of the molecule is C#CCOCCOC(=O)Nc1ccc(S(=O)Nc2nccn3cc(-c4ccc5ccccc5c4)nc23)cc1. The van der Waals surface area contributed by atoms with E-state index < -0.39 is 17.1 Å². The molecule has 0 aliphatic heterocycles. The number of terminal acetylenes is 1. The molecule has 3 aromatic carbocycles. The normalized spacial score (nSPS) is 11.7. The second-order valence-corrected chi connectivity index (χ2v) is 9.32. The van der Waals surface area contributed by atoms with Crippen LogP contribution < -0.4 is 10.0 Å². The largest absolute Gasteiger partial charge is 0.447 e. The first-order valence-electron chi connectivity index (χ1n) is 11.7. The first-order chi connectivity index (χ1) is 18.6. The fourth-order valence-electron chi connectivity index (χ4n) is 3.77. The van der Waals surface area contributed by atoms with Gasteiger partial charge in [-0.15, -0.1) is 6.42 Å². The lowest BCUT2D eigenvalue weighted by molar-refractivity contribution is 0.0943. The molecule has 0 fully saturated rings. The molecule has 2 aromatic heterocycles. The second-order valence-electron chi connectivity index (χ2n) is 8.11. The number of rotatable bonds is 9. The number of carbonyl (C=O) groups is 1. The van der Waals surface area contributed by atoms with Gasteiger partial charge >= 0.3 is 6.09 Å². The van der Waals surface area contributed by atoms with Crippen LogP contribution in [-0.4, -0.2) is 44.5 Å². The Labute approximate surface area is 221 Å². The van der Waals surface area contributed by atoms with Crippen LogP contribution in [0.1, 0.15) is 0 Å². The predicted octanol–water partition coefficient (Wildman–Crippen LogP) is 4.88. The molecule has 0 bridgehead atoms. The van der Waals surface area contributed by atoms with Crippen molar-refractivity contribution in [2.75, 3.05) is 29.9 Å². The lowest BCUT2D eigenvalue weighted by Gasteiger charge is -2.09. The van der Waals surface area contributed by atoms with Gasteiger partial charge in [0.1, 0.15) is 13.2 Å². The minimum absolute atomic E-state index is 0.0778. The van der Waals surface area contributed by atoms with E-state index in [9.17, 15) is 9.00 Å². The van der Waals surface area contributed by atoms with Crippen LogP contribution in [-0.2, 0) is 20.5 Å². The fourth-order valence-corrected chi connectivity index (χ4v) is 4.59. The van der Waals surface area contributed by atoms with Gasteiger partial charge in [-0.1, -0.05) is 42.3 Å². The molecule has 0 spiro atoms. The fraction of sp³-hybridized carbons (Fsp3) is 0.107. The van der Waals surface area contributed by atoms with Crippen molar-refractivity contribution in [3.05, 3.63) is 85.3 Å². The summed E-state index contributed by atoms with van der Waals surface area (Å²) in [5.74, 6) is 2.71. The van der Waals surface area contributed by atoms with E-state index in [2.05, 4.69) is 45.2 Å². The Hall–Kier alpha value is -4.72. The van der Waals surface area contributed by atoms with E-state index in [1.807, 2.05) is 28.8 Å². The minimum Gasteiger partial charge on any atom is -0.447 e. The molecule has 0 aliphatic rings. The third-order valence-corrected chi connectivity index (χ3v) is 6.65. The van der Waals surface area contributed by atoms with Crippen LogP contribution in [0.2, 0.25) is 0 Å². The number of amides is 1. The highest BCUT2D eigenvalue weighted by molar-refractivity contribution is 7.86. The van der Waals surface area contributed by atoms with Crippen molar-refractivity contribution in [3.63, 3.8) is 0 Å². The standard InChI is InChI=1S/C28H23N5O4S/c1-2-15-36-16-17-37-28(34)30-23-9-11-24(12-10-23)38(35)32-26-27-31-25(19-33(27)14-13-29-26)22-8-7-20-5-3-4-6-21(20)18-22/h1,3-14,18-19H,15-17H2,(H,29,32)(H,30,34). The summed E-state index contributed by atoms with van der Waals surface area (Å²) in [7, 11) is -1.62. The Kier molecular flexibility index (Phi) is 7.59. The molecule has 2 heterocycles. The van der Waals surface area contributed by atoms with Crippen LogP contribution >= 0.6 is 0 Å². The summed E-state index contributed by atoms with van der Waals surface area (Å²) >= 11 is 0. The molecule has 0 saturated heterocycles. The number of imidazole rings is 1. The molecule has 9 nitrogen and oxygen atoms in total. The second kappa shape index (κ2) is 11.6. The third-order valence-electron chi connectivity index (χ3n) is 5.57. The molecule has 5 rings (SSSR count). The molecule has 38 heavy (non-hydrogen) atoms. The molecule has 1 amide bonds. The molecular weight excluding hydrogens is 502 g/mol.